The topological polar surface area (TPSA) is 64.8 Å². The van der Waals surface area contributed by atoms with Gasteiger partial charge in [-0.05, 0) is 12.5 Å². The van der Waals surface area contributed by atoms with Gasteiger partial charge in [-0.3, -0.25) is 0 Å². The maximum atomic E-state index is 11.4. The molecule has 4 heteroatoms. The van der Waals surface area contributed by atoms with Crippen LogP contribution >= 0.6 is 0 Å². The number of epoxide rings is 1. The summed E-state index contributed by atoms with van der Waals surface area (Å²) in [6.07, 6.45) is -0.379. The number of para-hydroxylation sites is 1. The van der Waals surface area contributed by atoms with Crippen LogP contribution in [0.25, 0.3) is 0 Å². The van der Waals surface area contributed by atoms with E-state index in [4.69, 9.17) is 15.2 Å². The van der Waals surface area contributed by atoms with Crippen LogP contribution in [0.4, 0.5) is 0 Å². The van der Waals surface area contributed by atoms with Gasteiger partial charge in [-0.2, -0.15) is 0 Å². The Morgan fingerprint density at radius 3 is 3.00 bits per heavy atom. The van der Waals surface area contributed by atoms with E-state index in [1.165, 1.54) is 0 Å². The summed E-state index contributed by atoms with van der Waals surface area (Å²) in [5.41, 5.74) is 7.31. The Labute approximate surface area is 88.0 Å². The summed E-state index contributed by atoms with van der Waals surface area (Å²) in [6, 6.07) is 5.63. The van der Waals surface area contributed by atoms with Crippen molar-refractivity contribution in [2.45, 2.75) is 19.6 Å². The fourth-order valence-electron chi connectivity index (χ4n) is 1.37. The molecule has 0 radical (unpaired) electrons. The van der Waals surface area contributed by atoms with Crippen molar-refractivity contribution < 1.29 is 14.3 Å². The summed E-state index contributed by atoms with van der Waals surface area (Å²) in [7, 11) is 0. The van der Waals surface area contributed by atoms with Crippen LogP contribution in [0, 0.1) is 6.92 Å². The Morgan fingerprint density at radius 2 is 2.40 bits per heavy atom. The Kier molecular flexibility index (Phi) is 2.70. The van der Waals surface area contributed by atoms with Gasteiger partial charge in [-0.25, -0.2) is 4.79 Å². The average Bonchev–Trinajstić information content (AvgIpc) is 3.04. The Bertz CT molecular complexity index is 385. The van der Waals surface area contributed by atoms with Crippen molar-refractivity contribution in [3.05, 3.63) is 29.3 Å². The molecule has 1 heterocycles. The molecule has 1 atom stereocenters. The third-order valence-electron chi connectivity index (χ3n) is 2.31. The molecule has 1 unspecified atom stereocenters. The van der Waals surface area contributed by atoms with Gasteiger partial charge in [0.2, 0.25) is 0 Å². The lowest BCUT2D eigenvalue weighted by Gasteiger charge is -2.10. The number of benzene rings is 1. The summed E-state index contributed by atoms with van der Waals surface area (Å²) >= 11 is 0. The fraction of sp³-hybridized carbons (Fsp3) is 0.364. The molecule has 0 aromatic heterocycles. The van der Waals surface area contributed by atoms with Crippen molar-refractivity contribution in [1.82, 2.24) is 0 Å². The lowest BCUT2D eigenvalue weighted by Crippen LogP contribution is -2.17. The number of ether oxygens (including phenoxy) is 2. The third kappa shape index (κ3) is 2.16. The Morgan fingerprint density at radius 1 is 1.67 bits per heavy atom. The molecule has 1 aromatic carbocycles. The first kappa shape index (κ1) is 10.1. The van der Waals surface area contributed by atoms with Crippen LogP contribution in [0.3, 0.4) is 0 Å². The van der Waals surface area contributed by atoms with Gasteiger partial charge in [0.25, 0.3) is 0 Å². The summed E-state index contributed by atoms with van der Waals surface area (Å²) < 4.78 is 10.1. The minimum Gasteiger partial charge on any atom is -0.424 e. The van der Waals surface area contributed by atoms with Crippen molar-refractivity contribution in [2.24, 2.45) is 5.73 Å². The van der Waals surface area contributed by atoms with Crippen LogP contribution in [-0.4, -0.2) is 18.7 Å². The van der Waals surface area contributed by atoms with Crippen LogP contribution in [0.2, 0.25) is 0 Å². The number of hydrogen-bond donors (Lipinski definition) is 1. The molecule has 15 heavy (non-hydrogen) atoms. The zero-order chi connectivity index (χ0) is 10.8. The largest absolute Gasteiger partial charge is 0.424 e. The second-order valence-corrected chi connectivity index (χ2v) is 3.51. The van der Waals surface area contributed by atoms with E-state index in [1.807, 2.05) is 25.1 Å². The van der Waals surface area contributed by atoms with E-state index < -0.39 is 0 Å². The van der Waals surface area contributed by atoms with Crippen molar-refractivity contribution in [2.75, 3.05) is 6.61 Å². The highest BCUT2D eigenvalue weighted by Gasteiger charge is 2.33. The quantitative estimate of drug-likeness (QED) is 0.451. The van der Waals surface area contributed by atoms with Gasteiger partial charge in [-0.1, -0.05) is 18.2 Å². The predicted octanol–water partition coefficient (Wildman–Crippen LogP) is 0.758. The van der Waals surface area contributed by atoms with Crippen molar-refractivity contribution in [3.8, 4) is 5.75 Å². The molecule has 80 valence electrons. The summed E-state index contributed by atoms with van der Waals surface area (Å²) in [4.78, 5) is 11.4. The van der Waals surface area contributed by atoms with Gasteiger partial charge < -0.3 is 15.2 Å². The Hall–Kier alpha value is -1.39. The first-order chi connectivity index (χ1) is 7.22. The zero-order valence-electron chi connectivity index (χ0n) is 8.53. The number of carbonyl (C=O) groups is 1. The van der Waals surface area contributed by atoms with E-state index in [0.29, 0.717) is 18.9 Å². The molecule has 1 aromatic rings. The molecule has 1 saturated heterocycles. The maximum absolute atomic E-state index is 11.4. The molecule has 0 saturated carbocycles. The third-order valence-corrected chi connectivity index (χ3v) is 2.31. The van der Waals surface area contributed by atoms with E-state index in [0.717, 1.165) is 11.1 Å². The second kappa shape index (κ2) is 4.00. The number of rotatable bonds is 3. The monoisotopic (exact) mass is 207 g/mol. The number of esters is 1. The Balaban J connectivity index is 2.21. The van der Waals surface area contributed by atoms with Crippen molar-refractivity contribution >= 4 is 5.97 Å². The van der Waals surface area contributed by atoms with E-state index in [2.05, 4.69) is 0 Å². The van der Waals surface area contributed by atoms with E-state index in [9.17, 15) is 4.79 Å². The minimum atomic E-state index is -0.379. The first-order valence-electron chi connectivity index (χ1n) is 4.84. The highest BCUT2D eigenvalue weighted by atomic mass is 16.6. The molecule has 0 bridgehead atoms. The lowest BCUT2D eigenvalue weighted by atomic mass is 10.1. The predicted molar refractivity (Wildman–Crippen MR) is 54.4 cm³/mol. The molecule has 4 nitrogen and oxygen atoms in total. The average molecular weight is 207 g/mol. The molecule has 2 rings (SSSR count). The molecule has 2 N–H and O–H groups in total. The summed E-state index contributed by atoms with van der Waals surface area (Å²) in [5, 5.41) is 0. The van der Waals surface area contributed by atoms with Crippen LogP contribution < -0.4 is 10.5 Å². The highest BCUT2D eigenvalue weighted by Crippen LogP contribution is 2.24. The van der Waals surface area contributed by atoms with Crippen molar-refractivity contribution in [1.29, 1.82) is 0 Å². The molecule has 0 aliphatic carbocycles. The number of aryl methyl sites for hydroxylation is 1. The van der Waals surface area contributed by atoms with E-state index in [-0.39, 0.29) is 12.1 Å². The van der Waals surface area contributed by atoms with Gasteiger partial charge in [0.15, 0.2) is 6.10 Å². The highest BCUT2D eigenvalue weighted by molar-refractivity contribution is 5.80. The molecule has 0 spiro atoms. The number of hydrogen-bond acceptors (Lipinski definition) is 4. The first-order valence-corrected chi connectivity index (χ1v) is 4.84. The van der Waals surface area contributed by atoms with E-state index >= 15 is 0 Å². The van der Waals surface area contributed by atoms with Crippen LogP contribution in [0.5, 0.6) is 5.75 Å². The summed E-state index contributed by atoms with van der Waals surface area (Å²) in [6.45, 7) is 2.70. The molecule has 1 aliphatic heterocycles. The molecular formula is C11H13NO3. The van der Waals surface area contributed by atoms with Crippen LogP contribution in [-0.2, 0) is 16.1 Å². The van der Waals surface area contributed by atoms with Crippen LogP contribution in [0.1, 0.15) is 11.1 Å². The van der Waals surface area contributed by atoms with Gasteiger partial charge in [0.05, 0.1) is 6.61 Å². The summed E-state index contributed by atoms with van der Waals surface area (Å²) in [5.74, 6) is 0.236. The van der Waals surface area contributed by atoms with Crippen molar-refractivity contribution in [3.63, 3.8) is 0 Å². The second-order valence-electron chi connectivity index (χ2n) is 3.51. The zero-order valence-corrected chi connectivity index (χ0v) is 8.53. The fourth-order valence-corrected chi connectivity index (χ4v) is 1.37. The van der Waals surface area contributed by atoms with Gasteiger partial charge >= 0.3 is 5.97 Å². The molecule has 1 aliphatic rings. The molecule has 0 amide bonds. The minimum absolute atomic E-state index is 0.334. The standard InChI is InChI=1S/C11H13NO3/c1-7-3-2-4-8(5-12)10(7)15-11(13)9-6-14-9/h2-4,9H,5-6,12H2,1H3. The van der Waals surface area contributed by atoms with E-state index in [1.54, 1.807) is 0 Å². The molecule has 1 fully saturated rings. The van der Waals surface area contributed by atoms with Gasteiger partial charge in [0, 0.05) is 12.1 Å². The SMILES string of the molecule is Cc1cccc(CN)c1OC(=O)C1CO1. The number of carbonyl (C=O) groups excluding carboxylic acids is 1. The smallest absolute Gasteiger partial charge is 0.343 e. The van der Waals surface area contributed by atoms with Gasteiger partial charge in [-0.15, -0.1) is 0 Å². The maximum Gasteiger partial charge on any atom is 0.343 e. The van der Waals surface area contributed by atoms with Crippen LogP contribution in [0.15, 0.2) is 18.2 Å². The molecular weight excluding hydrogens is 194 g/mol. The lowest BCUT2D eigenvalue weighted by molar-refractivity contribution is -0.135. The van der Waals surface area contributed by atoms with Gasteiger partial charge in [0.1, 0.15) is 5.75 Å². The number of nitrogens with two attached hydrogens (primary N) is 1. The normalized spacial score (nSPS) is 18.7.